The summed E-state index contributed by atoms with van der Waals surface area (Å²) >= 11 is 3.61. The number of carbonyl (C=O) groups is 1. The van der Waals surface area contributed by atoms with Gasteiger partial charge in [0.15, 0.2) is 5.78 Å². The lowest BCUT2D eigenvalue weighted by Gasteiger charge is -2.08. The molecule has 3 heterocycles. The summed E-state index contributed by atoms with van der Waals surface area (Å²) in [5, 5.41) is 4.17. The van der Waals surface area contributed by atoms with Crippen molar-refractivity contribution in [3.05, 3.63) is 33.5 Å². The summed E-state index contributed by atoms with van der Waals surface area (Å²) in [5.74, 6) is 3.16. The molecule has 6 heteroatoms. The van der Waals surface area contributed by atoms with E-state index in [4.69, 9.17) is 0 Å². The number of Topliss-reactive ketones (excluding diaryl/α,β-unsaturated/α-hetero) is 1. The summed E-state index contributed by atoms with van der Waals surface area (Å²) < 4.78 is 1.83. The van der Waals surface area contributed by atoms with Crippen molar-refractivity contribution in [3.8, 4) is 0 Å². The summed E-state index contributed by atoms with van der Waals surface area (Å²) in [4.78, 5) is 18.9. The van der Waals surface area contributed by atoms with Gasteiger partial charge in [-0.05, 0) is 30.2 Å². The van der Waals surface area contributed by atoms with Gasteiger partial charge in [-0.25, -0.2) is 9.67 Å². The highest BCUT2D eigenvalue weighted by Crippen LogP contribution is 2.32. The highest BCUT2D eigenvalue weighted by Gasteiger charge is 2.19. The van der Waals surface area contributed by atoms with E-state index in [-0.39, 0.29) is 5.78 Å². The van der Waals surface area contributed by atoms with Crippen LogP contribution in [0.3, 0.4) is 0 Å². The highest BCUT2D eigenvalue weighted by molar-refractivity contribution is 7.98. The van der Waals surface area contributed by atoms with Crippen LogP contribution in [0, 0.1) is 0 Å². The summed E-state index contributed by atoms with van der Waals surface area (Å²) in [5.41, 5.74) is 1.35. The summed E-state index contributed by atoms with van der Waals surface area (Å²) in [6.07, 6.45) is 3.99. The number of hydrogen-bond acceptors (Lipinski definition) is 5. The van der Waals surface area contributed by atoms with E-state index in [1.54, 1.807) is 11.3 Å². The van der Waals surface area contributed by atoms with E-state index < -0.39 is 0 Å². The monoisotopic (exact) mass is 307 g/mol. The van der Waals surface area contributed by atoms with Crippen LogP contribution in [0.4, 0.5) is 0 Å². The molecule has 2 aromatic heterocycles. The average molecular weight is 307 g/mol. The summed E-state index contributed by atoms with van der Waals surface area (Å²) in [7, 11) is 0. The lowest BCUT2D eigenvalue weighted by atomic mass is 10.2. The van der Waals surface area contributed by atoms with E-state index in [1.807, 2.05) is 16.4 Å². The summed E-state index contributed by atoms with van der Waals surface area (Å²) in [6.45, 7) is 2.92. The Morgan fingerprint density at radius 2 is 2.40 bits per heavy atom. The molecule has 20 heavy (non-hydrogen) atoms. The van der Waals surface area contributed by atoms with Crippen molar-refractivity contribution in [2.45, 2.75) is 38.5 Å². The number of aromatic nitrogens is 3. The van der Waals surface area contributed by atoms with E-state index >= 15 is 0 Å². The number of thiophene rings is 1. The Morgan fingerprint density at radius 1 is 1.50 bits per heavy atom. The lowest BCUT2D eigenvalue weighted by molar-refractivity contribution is 0.0993. The van der Waals surface area contributed by atoms with E-state index in [2.05, 4.69) is 23.1 Å². The van der Waals surface area contributed by atoms with Gasteiger partial charge in [0.1, 0.15) is 12.2 Å². The molecule has 0 spiro atoms. The minimum atomic E-state index is 0.166. The molecule has 0 fully saturated rings. The van der Waals surface area contributed by atoms with E-state index in [9.17, 15) is 4.79 Å². The SMILES string of the molecule is CCCn1ncnc1CC(=O)c1cc2c(s1)CCSC2. The van der Waals surface area contributed by atoms with E-state index in [1.165, 1.54) is 22.5 Å². The fourth-order valence-corrected chi connectivity index (χ4v) is 4.65. The first kappa shape index (κ1) is 13.8. The van der Waals surface area contributed by atoms with Gasteiger partial charge in [-0.15, -0.1) is 11.3 Å². The standard InChI is InChI=1S/C14H17N3OS2/c1-2-4-17-14(15-9-16-17)7-11(18)13-6-10-8-19-5-3-12(10)20-13/h6,9H,2-5,7-8H2,1H3. The molecule has 1 aliphatic rings. The van der Waals surface area contributed by atoms with Crippen LogP contribution in [0.5, 0.6) is 0 Å². The van der Waals surface area contributed by atoms with Crippen LogP contribution in [0.15, 0.2) is 12.4 Å². The zero-order chi connectivity index (χ0) is 13.9. The number of nitrogens with zero attached hydrogens (tertiary/aromatic N) is 3. The smallest absolute Gasteiger partial charge is 0.180 e. The quantitative estimate of drug-likeness (QED) is 0.797. The fraction of sp³-hybridized carbons (Fsp3) is 0.500. The molecule has 0 aromatic carbocycles. The van der Waals surface area contributed by atoms with Gasteiger partial charge in [0, 0.05) is 17.2 Å². The molecule has 3 rings (SSSR count). The molecule has 0 N–H and O–H groups in total. The number of ketones is 1. The van der Waals surface area contributed by atoms with Crippen molar-refractivity contribution in [1.29, 1.82) is 0 Å². The van der Waals surface area contributed by atoms with Crippen LogP contribution in [-0.2, 0) is 25.1 Å². The van der Waals surface area contributed by atoms with Gasteiger partial charge in [0.05, 0.1) is 11.3 Å². The van der Waals surface area contributed by atoms with Crippen LogP contribution in [-0.4, -0.2) is 26.3 Å². The number of thioether (sulfide) groups is 1. The lowest BCUT2D eigenvalue weighted by Crippen LogP contribution is -2.10. The van der Waals surface area contributed by atoms with Gasteiger partial charge >= 0.3 is 0 Å². The summed E-state index contributed by atoms with van der Waals surface area (Å²) in [6, 6.07) is 2.08. The third kappa shape index (κ3) is 2.81. The molecule has 4 nitrogen and oxygen atoms in total. The van der Waals surface area contributed by atoms with Crippen molar-refractivity contribution in [2.75, 3.05) is 5.75 Å². The second kappa shape index (κ2) is 6.10. The first-order chi connectivity index (χ1) is 9.78. The highest BCUT2D eigenvalue weighted by atomic mass is 32.2. The first-order valence-corrected chi connectivity index (χ1v) is 8.84. The second-order valence-corrected chi connectivity index (χ2v) is 7.10. The van der Waals surface area contributed by atoms with Crippen molar-refractivity contribution < 1.29 is 4.79 Å². The maximum Gasteiger partial charge on any atom is 0.180 e. The van der Waals surface area contributed by atoms with Crippen LogP contribution in [0.2, 0.25) is 0 Å². The molecule has 106 valence electrons. The normalized spacial score (nSPS) is 14.2. The molecule has 0 saturated carbocycles. The van der Waals surface area contributed by atoms with Crippen LogP contribution in [0.1, 0.15) is 39.3 Å². The van der Waals surface area contributed by atoms with Crippen LogP contribution in [0.25, 0.3) is 0 Å². The number of carbonyl (C=O) groups excluding carboxylic acids is 1. The number of aryl methyl sites for hydroxylation is 2. The third-order valence-corrected chi connectivity index (χ3v) is 5.64. The largest absolute Gasteiger partial charge is 0.293 e. The molecule has 0 bridgehead atoms. The van der Waals surface area contributed by atoms with Crippen LogP contribution < -0.4 is 0 Å². The van der Waals surface area contributed by atoms with E-state index in [0.717, 1.165) is 35.8 Å². The number of rotatable bonds is 5. The number of fused-ring (bicyclic) bond motifs is 1. The Kier molecular flexibility index (Phi) is 4.21. The zero-order valence-electron chi connectivity index (χ0n) is 11.5. The van der Waals surface area contributed by atoms with Gasteiger partial charge in [-0.3, -0.25) is 4.79 Å². The average Bonchev–Trinajstić information content (AvgIpc) is 3.06. The first-order valence-electron chi connectivity index (χ1n) is 6.87. The number of hydrogen-bond donors (Lipinski definition) is 0. The molecular weight excluding hydrogens is 290 g/mol. The maximum atomic E-state index is 12.4. The molecule has 0 atom stereocenters. The van der Waals surface area contributed by atoms with Gasteiger partial charge in [0.2, 0.25) is 0 Å². The van der Waals surface area contributed by atoms with Gasteiger partial charge in [-0.2, -0.15) is 16.9 Å². The topological polar surface area (TPSA) is 47.8 Å². The second-order valence-electron chi connectivity index (χ2n) is 4.86. The Morgan fingerprint density at radius 3 is 3.20 bits per heavy atom. The minimum absolute atomic E-state index is 0.166. The van der Waals surface area contributed by atoms with Crippen molar-refractivity contribution >= 4 is 28.9 Å². The molecule has 0 aliphatic carbocycles. The van der Waals surface area contributed by atoms with Gasteiger partial charge < -0.3 is 0 Å². The van der Waals surface area contributed by atoms with Gasteiger partial charge in [0.25, 0.3) is 0 Å². The molecular formula is C14H17N3OS2. The Balaban J connectivity index is 1.75. The Bertz CT molecular complexity index is 594. The molecule has 0 radical (unpaired) electrons. The molecule has 0 amide bonds. The predicted molar refractivity (Wildman–Crippen MR) is 82.5 cm³/mol. The predicted octanol–water partition coefficient (Wildman–Crippen LogP) is 2.96. The zero-order valence-corrected chi connectivity index (χ0v) is 13.1. The van der Waals surface area contributed by atoms with Crippen molar-refractivity contribution in [1.82, 2.24) is 14.8 Å². The molecule has 0 saturated heterocycles. The Hall–Kier alpha value is -1.14. The fourth-order valence-electron chi connectivity index (χ4n) is 2.34. The molecule has 2 aromatic rings. The van der Waals surface area contributed by atoms with Crippen molar-refractivity contribution in [2.24, 2.45) is 0 Å². The molecule has 1 aliphatic heterocycles. The third-order valence-electron chi connectivity index (χ3n) is 3.35. The van der Waals surface area contributed by atoms with Gasteiger partial charge in [-0.1, -0.05) is 6.92 Å². The minimum Gasteiger partial charge on any atom is -0.293 e. The van der Waals surface area contributed by atoms with Crippen LogP contribution >= 0.6 is 23.1 Å². The Labute approximate surface area is 126 Å². The van der Waals surface area contributed by atoms with Crippen molar-refractivity contribution in [3.63, 3.8) is 0 Å². The van der Waals surface area contributed by atoms with E-state index in [0.29, 0.717) is 6.42 Å². The molecule has 0 unspecified atom stereocenters. The maximum absolute atomic E-state index is 12.4.